The van der Waals surface area contributed by atoms with Crippen molar-refractivity contribution in [3.05, 3.63) is 10.1 Å². The average molecular weight is 165 g/mol. The molecule has 0 aliphatic heterocycles. The van der Waals surface area contributed by atoms with Crippen molar-refractivity contribution in [2.75, 3.05) is 0 Å². The Bertz CT molecular complexity index is 57.9. The van der Waals surface area contributed by atoms with Crippen LogP contribution < -0.4 is 34.6 Å². The van der Waals surface area contributed by atoms with E-state index < -0.39 is 12.4 Å². The summed E-state index contributed by atoms with van der Waals surface area (Å²) in [5.41, 5.74) is 0. The van der Waals surface area contributed by atoms with Gasteiger partial charge in [0.25, 0.3) is 5.09 Å². The Labute approximate surface area is 78.0 Å². The summed E-state index contributed by atoms with van der Waals surface area (Å²) in [4.78, 5) is 8.36. The Hall–Kier alpha value is 0.105. The number of rotatable bonds is 0. The van der Waals surface area contributed by atoms with E-state index in [0.717, 1.165) is 0 Å². The number of hydrogen-bond donors (Lipinski definition) is 3. The third kappa shape index (κ3) is 37200. The number of nitrogens with zero attached hydrogens (tertiary/aromatic N) is 1. The topological polar surface area (TPSA) is 158 Å². The SMILES string of the molecule is O.O=[N+]([O-])O.[Na+].[O-]B(O)O. The van der Waals surface area contributed by atoms with E-state index in [2.05, 4.69) is 0 Å². The summed E-state index contributed by atoms with van der Waals surface area (Å²) in [5, 5.41) is 36.4. The second-order valence-electron chi connectivity index (χ2n) is 0.564. The van der Waals surface area contributed by atoms with Crippen LogP contribution in [0.15, 0.2) is 0 Å². The molecular formula is H5BNNaO7. The van der Waals surface area contributed by atoms with Crippen molar-refractivity contribution < 1.29 is 60.4 Å². The zero-order valence-electron chi connectivity index (χ0n) is 5.09. The molecule has 0 spiro atoms. The van der Waals surface area contributed by atoms with Crippen LogP contribution in [0.5, 0.6) is 0 Å². The maximum Gasteiger partial charge on any atom is 1.00 e. The molecule has 0 aromatic heterocycles. The zero-order valence-corrected chi connectivity index (χ0v) is 7.09. The van der Waals surface area contributed by atoms with Crippen LogP contribution in [-0.4, -0.2) is 33.1 Å². The second kappa shape index (κ2) is 16.0. The summed E-state index contributed by atoms with van der Waals surface area (Å²) >= 11 is 0. The van der Waals surface area contributed by atoms with Crippen molar-refractivity contribution in [1.29, 1.82) is 0 Å². The molecule has 0 atom stereocenters. The Morgan fingerprint density at radius 2 is 1.40 bits per heavy atom. The summed E-state index contributed by atoms with van der Waals surface area (Å²) in [5.74, 6) is 0. The van der Waals surface area contributed by atoms with E-state index in [4.69, 9.17) is 30.4 Å². The molecular weight excluding hydrogens is 160 g/mol. The standard InChI is InChI=1S/BH2O3.HNO3.Na.H2O/c2*2-1(3)4;;/h2-3H;(H,2,3,4);;1H2/q-1;;+1;. The maximum atomic E-state index is 8.64. The van der Waals surface area contributed by atoms with Gasteiger partial charge in [0.2, 0.25) is 0 Å². The fourth-order valence-electron chi connectivity index (χ4n) is 0. The summed E-state index contributed by atoms with van der Waals surface area (Å²) in [6.45, 7) is 0. The fourth-order valence-corrected chi connectivity index (χ4v) is 0. The van der Waals surface area contributed by atoms with Crippen LogP contribution in [-0.2, 0) is 0 Å². The molecule has 8 nitrogen and oxygen atoms in total. The van der Waals surface area contributed by atoms with Crippen LogP contribution in [0.4, 0.5) is 0 Å². The molecule has 0 heterocycles. The fraction of sp³-hybridized carbons (Fsp3) is 0. The third-order valence-corrected chi connectivity index (χ3v) is 0. The van der Waals surface area contributed by atoms with E-state index in [1.54, 1.807) is 0 Å². The molecule has 0 aliphatic carbocycles. The van der Waals surface area contributed by atoms with Crippen LogP contribution in [0.3, 0.4) is 0 Å². The average Bonchev–Trinajstić information content (AvgIpc) is 1.25. The van der Waals surface area contributed by atoms with Gasteiger partial charge < -0.3 is 25.8 Å². The van der Waals surface area contributed by atoms with Gasteiger partial charge in [-0.05, 0) is 0 Å². The van der Waals surface area contributed by atoms with Crippen molar-refractivity contribution in [3.8, 4) is 0 Å². The summed E-state index contributed by atoms with van der Waals surface area (Å²) in [7, 11) is -2.42. The van der Waals surface area contributed by atoms with Gasteiger partial charge in [-0.2, -0.15) is 0 Å². The monoisotopic (exact) mass is 165 g/mol. The molecule has 0 fully saturated rings. The van der Waals surface area contributed by atoms with Crippen molar-refractivity contribution in [1.82, 2.24) is 0 Å². The first-order valence-corrected chi connectivity index (χ1v) is 1.32. The molecule has 0 aromatic carbocycles. The van der Waals surface area contributed by atoms with Gasteiger partial charge in [0.05, 0.1) is 0 Å². The summed E-state index contributed by atoms with van der Waals surface area (Å²) < 4.78 is 0. The Morgan fingerprint density at radius 3 is 1.40 bits per heavy atom. The first-order valence-electron chi connectivity index (χ1n) is 1.32. The molecule has 10 heavy (non-hydrogen) atoms. The Kier molecular flexibility index (Phi) is 36.1. The van der Waals surface area contributed by atoms with E-state index >= 15 is 0 Å². The summed E-state index contributed by atoms with van der Waals surface area (Å²) in [6, 6.07) is 0. The quantitative estimate of drug-likeness (QED) is 0.183. The molecule has 0 radical (unpaired) electrons. The van der Waals surface area contributed by atoms with Gasteiger partial charge in [-0.15, -0.1) is 10.1 Å². The normalized spacial score (nSPS) is 5.10. The largest absolute Gasteiger partial charge is 1.00 e. The minimum atomic E-state index is -2.42. The van der Waals surface area contributed by atoms with Crippen molar-refractivity contribution >= 4 is 7.32 Å². The van der Waals surface area contributed by atoms with Gasteiger partial charge in [0, 0.05) is 0 Å². The van der Waals surface area contributed by atoms with Crippen molar-refractivity contribution in [2.24, 2.45) is 0 Å². The predicted molar refractivity (Wildman–Crippen MR) is 22.6 cm³/mol. The molecule has 0 rings (SSSR count). The zero-order chi connectivity index (χ0) is 7.15. The van der Waals surface area contributed by atoms with E-state index in [0.29, 0.717) is 0 Å². The molecule has 5 N–H and O–H groups in total. The molecule has 10 heteroatoms. The Morgan fingerprint density at radius 1 is 1.40 bits per heavy atom. The van der Waals surface area contributed by atoms with E-state index in [1.807, 2.05) is 0 Å². The van der Waals surface area contributed by atoms with E-state index in [-0.39, 0.29) is 35.0 Å². The minimum Gasteiger partial charge on any atom is -0.832 e. The number of hydrogen-bond acceptors (Lipinski definition) is 5. The third-order valence-electron chi connectivity index (χ3n) is 0. The molecule has 0 aromatic rings. The van der Waals surface area contributed by atoms with Gasteiger partial charge in [-0.25, -0.2) is 0 Å². The van der Waals surface area contributed by atoms with Crippen molar-refractivity contribution in [3.63, 3.8) is 0 Å². The molecule has 0 bridgehead atoms. The molecule has 0 amide bonds. The summed E-state index contributed by atoms with van der Waals surface area (Å²) in [6.07, 6.45) is 0. The van der Waals surface area contributed by atoms with Crippen LogP contribution in [0, 0.1) is 10.1 Å². The molecule has 0 saturated carbocycles. The predicted octanol–water partition coefficient (Wildman–Crippen LogP) is -6.85. The van der Waals surface area contributed by atoms with Gasteiger partial charge in [0.15, 0.2) is 0 Å². The van der Waals surface area contributed by atoms with Crippen LogP contribution in [0.25, 0.3) is 0 Å². The van der Waals surface area contributed by atoms with Gasteiger partial charge in [-0.1, -0.05) is 0 Å². The van der Waals surface area contributed by atoms with Crippen LogP contribution in [0.1, 0.15) is 0 Å². The van der Waals surface area contributed by atoms with Gasteiger partial charge >= 0.3 is 36.9 Å². The van der Waals surface area contributed by atoms with Crippen LogP contribution in [0.2, 0.25) is 0 Å². The minimum absolute atomic E-state index is 0. The van der Waals surface area contributed by atoms with Crippen LogP contribution >= 0.6 is 0 Å². The first-order chi connectivity index (χ1) is 3.46. The molecule has 0 aliphatic rings. The van der Waals surface area contributed by atoms with E-state index in [9.17, 15) is 0 Å². The van der Waals surface area contributed by atoms with E-state index in [1.165, 1.54) is 0 Å². The van der Waals surface area contributed by atoms with Gasteiger partial charge in [0.1, 0.15) is 0 Å². The molecule has 0 unspecified atom stereocenters. The van der Waals surface area contributed by atoms with Gasteiger partial charge in [-0.3, -0.25) is 0 Å². The first kappa shape index (κ1) is 22.5. The van der Waals surface area contributed by atoms with Crippen molar-refractivity contribution in [2.45, 2.75) is 0 Å². The maximum absolute atomic E-state index is 8.64. The Balaban J connectivity index is -0.0000000300. The smallest absolute Gasteiger partial charge is 0.832 e. The molecule has 56 valence electrons. The second-order valence-corrected chi connectivity index (χ2v) is 0.564. The molecule has 0 saturated heterocycles.